The molecule has 0 amide bonds. The van der Waals surface area contributed by atoms with Crippen LogP contribution in [-0.4, -0.2) is 34.1 Å². The Hall–Kier alpha value is -0.120. The topological polar surface area (TPSA) is 60.7 Å². The van der Waals surface area contributed by atoms with E-state index < -0.39 is 0 Å². The summed E-state index contributed by atoms with van der Waals surface area (Å²) in [4.78, 5) is 0. The molecule has 0 aromatic heterocycles. The molecule has 0 spiro atoms. The third-order valence-electron chi connectivity index (χ3n) is 11.0. The van der Waals surface area contributed by atoms with Gasteiger partial charge in [0.05, 0.1) is 12.2 Å². The van der Waals surface area contributed by atoms with Crippen molar-refractivity contribution in [1.29, 1.82) is 0 Å². The molecule has 3 heteroatoms. The maximum absolute atomic E-state index is 11.7. The SMILES string of the molecule is CC[C@@H]1[C@H](O)[C@@H]2[C@H](CC[C@]3(C)[C@@H]([C@H](C)CCCO)CC[C@@H]23)[C@@]2(C)CC[C@H](O)C[C@@H]12. The Labute approximate surface area is 178 Å². The molecule has 0 aromatic carbocycles. The number of hydrogen-bond acceptors (Lipinski definition) is 3. The van der Waals surface area contributed by atoms with Gasteiger partial charge in [0.1, 0.15) is 0 Å². The molecule has 0 heterocycles. The molecule has 0 aliphatic heterocycles. The molecule has 11 atom stereocenters. The summed E-state index contributed by atoms with van der Waals surface area (Å²) in [5.74, 6) is 3.97. The molecule has 4 fully saturated rings. The molecule has 0 bridgehead atoms. The Morgan fingerprint density at radius 2 is 1.62 bits per heavy atom. The molecule has 0 radical (unpaired) electrons. The van der Waals surface area contributed by atoms with E-state index in [1.807, 2.05) is 0 Å². The van der Waals surface area contributed by atoms with Crippen molar-refractivity contribution in [3.05, 3.63) is 0 Å². The normalized spacial score (nSPS) is 53.1. The maximum atomic E-state index is 11.7. The summed E-state index contributed by atoms with van der Waals surface area (Å²) in [7, 11) is 0. The smallest absolute Gasteiger partial charge is 0.0605 e. The number of hydrogen-bond donors (Lipinski definition) is 3. The van der Waals surface area contributed by atoms with Gasteiger partial charge in [-0.1, -0.05) is 34.1 Å². The van der Waals surface area contributed by atoms with Gasteiger partial charge >= 0.3 is 0 Å². The van der Waals surface area contributed by atoms with Crippen LogP contribution in [0.5, 0.6) is 0 Å². The van der Waals surface area contributed by atoms with Crippen molar-refractivity contribution in [1.82, 2.24) is 0 Å². The van der Waals surface area contributed by atoms with Crippen LogP contribution in [0.2, 0.25) is 0 Å². The van der Waals surface area contributed by atoms with Crippen molar-refractivity contribution >= 4 is 0 Å². The van der Waals surface area contributed by atoms with Crippen LogP contribution < -0.4 is 0 Å². The maximum Gasteiger partial charge on any atom is 0.0605 e. The predicted molar refractivity (Wildman–Crippen MR) is 117 cm³/mol. The van der Waals surface area contributed by atoms with Crippen LogP contribution in [0, 0.1) is 52.3 Å². The number of fused-ring (bicyclic) bond motifs is 5. The Balaban J connectivity index is 1.63. The van der Waals surface area contributed by atoms with Crippen LogP contribution >= 0.6 is 0 Å². The molecule has 0 unspecified atom stereocenters. The molecule has 4 rings (SSSR count). The fourth-order valence-corrected chi connectivity index (χ4v) is 9.55. The van der Waals surface area contributed by atoms with Crippen LogP contribution in [0.4, 0.5) is 0 Å². The van der Waals surface area contributed by atoms with Gasteiger partial charge in [0.25, 0.3) is 0 Å². The van der Waals surface area contributed by atoms with E-state index >= 15 is 0 Å². The molecule has 0 saturated heterocycles. The van der Waals surface area contributed by atoms with Crippen LogP contribution in [-0.2, 0) is 0 Å². The average molecular weight is 407 g/mol. The van der Waals surface area contributed by atoms with Gasteiger partial charge in [-0.05, 0) is 110 Å². The van der Waals surface area contributed by atoms with Crippen LogP contribution in [0.15, 0.2) is 0 Å². The Kier molecular flexibility index (Phi) is 6.17. The van der Waals surface area contributed by atoms with E-state index in [0.29, 0.717) is 52.9 Å². The molecule has 4 aliphatic rings. The third kappa shape index (κ3) is 3.33. The van der Waals surface area contributed by atoms with E-state index in [-0.39, 0.29) is 12.2 Å². The number of aliphatic hydroxyl groups is 3. The Morgan fingerprint density at radius 1 is 0.931 bits per heavy atom. The third-order valence-corrected chi connectivity index (χ3v) is 11.0. The van der Waals surface area contributed by atoms with E-state index in [0.717, 1.165) is 44.4 Å². The minimum atomic E-state index is -0.190. The highest BCUT2D eigenvalue weighted by Gasteiger charge is 2.64. The molecule has 4 saturated carbocycles. The van der Waals surface area contributed by atoms with Crippen molar-refractivity contribution in [2.24, 2.45) is 52.3 Å². The first kappa shape index (κ1) is 22.1. The Bertz CT molecular complexity index is 578. The van der Waals surface area contributed by atoms with E-state index in [4.69, 9.17) is 0 Å². The minimum absolute atomic E-state index is 0.164. The van der Waals surface area contributed by atoms with Gasteiger partial charge in [-0.15, -0.1) is 0 Å². The lowest BCUT2D eigenvalue weighted by atomic mass is 9.41. The summed E-state index contributed by atoms with van der Waals surface area (Å²) in [6.07, 6.45) is 10.9. The molecular formula is C26H46O3. The standard InChI is InChI=1S/C26H46O3/c1-5-18-22-15-17(28)10-12-26(22,4)21-11-13-25(3)19(16(2)7-6-14-27)8-9-20(25)23(21)24(18)29/h16-24,27-29H,5-15H2,1-4H3/t16-,17+,18+,19-,20+,21+,22+,23+,24+,25-,26-/m1/s1. The number of aliphatic hydroxyl groups excluding tert-OH is 3. The first-order chi connectivity index (χ1) is 13.8. The van der Waals surface area contributed by atoms with Gasteiger partial charge < -0.3 is 15.3 Å². The molecular weight excluding hydrogens is 360 g/mol. The van der Waals surface area contributed by atoms with Gasteiger partial charge in [0.15, 0.2) is 0 Å². The van der Waals surface area contributed by atoms with Crippen molar-refractivity contribution in [2.45, 2.75) is 104 Å². The zero-order chi connectivity index (χ0) is 21.0. The fourth-order valence-electron chi connectivity index (χ4n) is 9.55. The lowest BCUT2D eigenvalue weighted by Crippen LogP contribution is -2.62. The van der Waals surface area contributed by atoms with Crippen molar-refractivity contribution < 1.29 is 15.3 Å². The summed E-state index contributed by atoms with van der Waals surface area (Å²) in [5, 5.41) is 31.4. The van der Waals surface area contributed by atoms with Gasteiger partial charge in [-0.2, -0.15) is 0 Å². The van der Waals surface area contributed by atoms with Crippen LogP contribution in [0.3, 0.4) is 0 Å². The second kappa shape index (κ2) is 8.10. The predicted octanol–water partition coefficient (Wildman–Crippen LogP) is 5.02. The lowest BCUT2D eigenvalue weighted by molar-refractivity contribution is -0.203. The quantitative estimate of drug-likeness (QED) is 0.601. The largest absolute Gasteiger partial charge is 0.396 e. The van der Waals surface area contributed by atoms with Crippen molar-refractivity contribution in [3.63, 3.8) is 0 Å². The molecule has 168 valence electrons. The highest BCUT2D eigenvalue weighted by atomic mass is 16.3. The van der Waals surface area contributed by atoms with Crippen LogP contribution in [0.25, 0.3) is 0 Å². The number of rotatable bonds is 5. The molecule has 3 nitrogen and oxygen atoms in total. The molecule has 0 aromatic rings. The van der Waals surface area contributed by atoms with E-state index in [2.05, 4.69) is 27.7 Å². The minimum Gasteiger partial charge on any atom is -0.396 e. The summed E-state index contributed by atoms with van der Waals surface area (Å²) >= 11 is 0. The second-order valence-corrected chi connectivity index (χ2v) is 12.0. The zero-order valence-electron chi connectivity index (χ0n) is 19.3. The average Bonchev–Trinajstić information content (AvgIpc) is 3.05. The van der Waals surface area contributed by atoms with Gasteiger partial charge in [-0.3, -0.25) is 0 Å². The van der Waals surface area contributed by atoms with Gasteiger partial charge in [0, 0.05) is 6.61 Å². The van der Waals surface area contributed by atoms with Gasteiger partial charge in [-0.25, -0.2) is 0 Å². The highest BCUT2D eigenvalue weighted by Crippen LogP contribution is 2.69. The van der Waals surface area contributed by atoms with Crippen LogP contribution in [0.1, 0.15) is 91.9 Å². The van der Waals surface area contributed by atoms with E-state index in [9.17, 15) is 15.3 Å². The monoisotopic (exact) mass is 406 g/mol. The first-order valence-electron chi connectivity index (χ1n) is 12.7. The molecule has 29 heavy (non-hydrogen) atoms. The summed E-state index contributed by atoms with van der Waals surface area (Å²) in [5.41, 5.74) is 0.651. The van der Waals surface area contributed by atoms with E-state index in [1.165, 1.54) is 25.7 Å². The summed E-state index contributed by atoms with van der Waals surface area (Å²) in [6.45, 7) is 10.0. The molecule has 3 N–H and O–H groups in total. The lowest BCUT2D eigenvalue weighted by Gasteiger charge is -2.64. The zero-order valence-corrected chi connectivity index (χ0v) is 19.3. The summed E-state index contributed by atoms with van der Waals surface area (Å²) in [6, 6.07) is 0. The van der Waals surface area contributed by atoms with Crippen molar-refractivity contribution in [3.8, 4) is 0 Å². The summed E-state index contributed by atoms with van der Waals surface area (Å²) < 4.78 is 0. The van der Waals surface area contributed by atoms with Gasteiger partial charge in [0.2, 0.25) is 0 Å². The molecule has 4 aliphatic carbocycles. The first-order valence-corrected chi connectivity index (χ1v) is 12.7. The highest BCUT2D eigenvalue weighted by molar-refractivity contribution is 5.13. The van der Waals surface area contributed by atoms with Crippen molar-refractivity contribution in [2.75, 3.05) is 6.61 Å². The second-order valence-electron chi connectivity index (χ2n) is 12.0. The fraction of sp³-hybridized carbons (Fsp3) is 1.00. The van der Waals surface area contributed by atoms with E-state index in [1.54, 1.807) is 0 Å². The Morgan fingerprint density at radius 3 is 2.31 bits per heavy atom.